The zero-order valence-electron chi connectivity index (χ0n) is 11.1. The van der Waals surface area contributed by atoms with Crippen LogP contribution in [0.25, 0.3) is 0 Å². The molecular weight excluding hydrogens is 206 g/mol. The third kappa shape index (κ3) is 4.34. The number of carbonyl (C=O) groups excluding carboxylic acids is 1. The van der Waals surface area contributed by atoms with Gasteiger partial charge < -0.3 is 9.30 Å². The second-order valence-electron chi connectivity index (χ2n) is 5.22. The van der Waals surface area contributed by atoms with Crippen LogP contribution in [0.3, 0.4) is 0 Å². The summed E-state index contributed by atoms with van der Waals surface area (Å²) < 4.78 is 7.34. The normalized spacial score (nSPS) is 14.5. The summed E-state index contributed by atoms with van der Waals surface area (Å²) in [6.45, 7) is 13.2. The maximum atomic E-state index is 11.8. The minimum Gasteiger partial charge on any atom is -0.465 e. The second kappa shape index (κ2) is 5.65. The molecule has 0 spiro atoms. The van der Waals surface area contributed by atoms with Crippen LogP contribution in [-0.4, -0.2) is 38.5 Å². The second-order valence-corrected chi connectivity index (χ2v) is 10.3. The lowest BCUT2D eigenvalue weighted by atomic mass is 10.1. The standard InChI is InChI=1S/C11H25NO2Si/c1-8-14-11(13)10(9(2)3)12(4)15(5,6)7/h9-10H,8H2,1-7H3/t10-/m0/s1. The van der Waals surface area contributed by atoms with E-state index in [2.05, 4.69) is 38.1 Å². The van der Waals surface area contributed by atoms with E-state index < -0.39 is 8.24 Å². The van der Waals surface area contributed by atoms with Crippen LogP contribution in [0.2, 0.25) is 19.6 Å². The molecule has 3 nitrogen and oxygen atoms in total. The molecule has 0 aliphatic heterocycles. The Balaban J connectivity index is 4.74. The van der Waals surface area contributed by atoms with Gasteiger partial charge in [0.25, 0.3) is 0 Å². The molecule has 0 saturated heterocycles. The molecular formula is C11H25NO2Si. The van der Waals surface area contributed by atoms with E-state index in [0.29, 0.717) is 12.5 Å². The lowest BCUT2D eigenvalue weighted by Crippen LogP contribution is -2.55. The molecule has 0 bridgehead atoms. The van der Waals surface area contributed by atoms with E-state index in [4.69, 9.17) is 4.74 Å². The van der Waals surface area contributed by atoms with Crippen molar-refractivity contribution < 1.29 is 9.53 Å². The maximum Gasteiger partial charge on any atom is 0.322 e. The lowest BCUT2D eigenvalue weighted by Gasteiger charge is -2.37. The predicted molar refractivity (Wildman–Crippen MR) is 66.4 cm³/mol. The monoisotopic (exact) mass is 231 g/mol. The first-order chi connectivity index (χ1) is 6.71. The fraction of sp³-hybridized carbons (Fsp3) is 0.909. The number of esters is 1. The molecule has 0 aromatic carbocycles. The molecule has 90 valence electrons. The maximum absolute atomic E-state index is 11.8. The van der Waals surface area contributed by atoms with E-state index in [9.17, 15) is 4.79 Å². The highest BCUT2D eigenvalue weighted by Gasteiger charge is 2.34. The summed E-state index contributed by atoms with van der Waals surface area (Å²) in [5.41, 5.74) is 0. The van der Waals surface area contributed by atoms with Crippen molar-refractivity contribution in [3.05, 3.63) is 0 Å². The van der Waals surface area contributed by atoms with Crippen LogP contribution in [0.15, 0.2) is 0 Å². The van der Waals surface area contributed by atoms with Crippen LogP contribution in [0.4, 0.5) is 0 Å². The average molecular weight is 231 g/mol. The summed E-state index contributed by atoms with van der Waals surface area (Å²) >= 11 is 0. The van der Waals surface area contributed by atoms with Crippen molar-refractivity contribution in [2.75, 3.05) is 13.7 Å². The summed E-state index contributed by atoms with van der Waals surface area (Å²) in [5, 5.41) is 0. The summed E-state index contributed by atoms with van der Waals surface area (Å²) in [4.78, 5) is 11.8. The van der Waals surface area contributed by atoms with E-state index >= 15 is 0 Å². The molecule has 0 aliphatic carbocycles. The summed E-state index contributed by atoms with van der Waals surface area (Å²) in [7, 11) is 0.590. The van der Waals surface area contributed by atoms with Crippen LogP contribution >= 0.6 is 0 Å². The van der Waals surface area contributed by atoms with Crippen LogP contribution in [-0.2, 0) is 9.53 Å². The Bertz CT molecular complexity index is 211. The van der Waals surface area contributed by atoms with Gasteiger partial charge in [0.1, 0.15) is 14.3 Å². The number of hydrogen-bond acceptors (Lipinski definition) is 3. The van der Waals surface area contributed by atoms with Crippen molar-refractivity contribution in [1.29, 1.82) is 0 Å². The largest absolute Gasteiger partial charge is 0.465 e. The predicted octanol–water partition coefficient (Wildman–Crippen LogP) is 2.34. The molecule has 15 heavy (non-hydrogen) atoms. The number of hydrogen-bond donors (Lipinski definition) is 0. The van der Waals surface area contributed by atoms with Gasteiger partial charge >= 0.3 is 5.97 Å². The summed E-state index contributed by atoms with van der Waals surface area (Å²) in [6.07, 6.45) is 0. The number of carbonyl (C=O) groups is 1. The number of ether oxygens (including phenoxy) is 1. The third-order valence-electron chi connectivity index (χ3n) is 2.63. The van der Waals surface area contributed by atoms with Gasteiger partial charge in [-0.1, -0.05) is 33.5 Å². The third-order valence-corrected chi connectivity index (χ3v) is 5.03. The molecule has 0 amide bonds. The Hall–Kier alpha value is -0.353. The van der Waals surface area contributed by atoms with Gasteiger partial charge in [-0.15, -0.1) is 0 Å². The van der Waals surface area contributed by atoms with Crippen LogP contribution in [0, 0.1) is 5.92 Å². The first-order valence-corrected chi connectivity index (χ1v) is 9.06. The molecule has 4 heteroatoms. The minimum atomic E-state index is -1.45. The van der Waals surface area contributed by atoms with Crippen LogP contribution in [0.1, 0.15) is 20.8 Å². The van der Waals surface area contributed by atoms with Crippen molar-refractivity contribution in [2.45, 2.75) is 46.5 Å². The van der Waals surface area contributed by atoms with Crippen molar-refractivity contribution in [2.24, 2.45) is 5.92 Å². The van der Waals surface area contributed by atoms with Gasteiger partial charge in [-0.3, -0.25) is 4.79 Å². The minimum absolute atomic E-state index is 0.0857. The Morgan fingerprint density at radius 2 is 1.80 bits per heavy atom. The summed E-state index contributed by atoms with van der Waals surface area (Å²) in [6, 6.07) is -0.100. The van der Waals surface area contributed by atoms with Gasteiger partial charge in [0.05, 0.1) is 6.61 Å². The van der Waals surface area contributed by atoms with Crippen molar-refractivity contribution in [3.63, 3.8) is 0 Å². The molecule has 0 heterocycles. The van der Waals surface area contributed by atoms with E-state index in [0.717, 1.165) is 0 Å². The molecule has 0 aliphatic rings. The van der Waals surface area contributed by atoms with Gasteiger partial charge in [0.2, 0.25) is 0 Å². The van der Waals surface area contributed by atoms with Crippen molar-refractivity contribution in [3.8, 4) is 0 Å². The zero-order valence-corrected chi connectivity index (χ0v) is 12.1. The fourth-order valence-electron chi connectivity index (χ4n) is 1.52. The number of rotatable bonds is 5. The average Bonchev–Trinajstić information content (AvgIpc) is 2.02. The Kier molecular flexibility index (Phi) is 5.52. The lowest BCUT2D eigenvalue weighted by molar-refractivity contribution is -0.149. The SMILES string of the molecule is CCOC(=O)[C@H](C(C)C)N(C)[Si](C)(C)C. The molecule has 0 saturated carbocycles. The van der Waals surface area contributed by atoms with Gasteiger partial charge in [-0.05, 0) is 19.9 Å². The number of nitrogens with zero attached hydrogens (tertiary/aromatic N) is 1. The quantitative estimate of drug-likeness (QED) is 0.537. The smallest absolute Gasteiger partial charge is 0.322 e. The molecule has 0 unspecified atom stereocenters. The summed E-state index contributed by atoms with van der Waals surface area (Å²) in [5.74, 6) is 0.207. The van der Waals surface area contributed by atoms with Crippen LogP contribution < -0.4 is 0 Å². The Labute approximate surface area is 94.9 Å². The Morgan fingerprint density at radius 3 is 2.07 bits per heavy atom. The first-order valence-electron chi connectivity index (χ1n) is 5.61. The molecule has 0 aromatic rings. The van der Waals surface area contributed by atoms with E-state index in [-0.39, 0.29) is 12.0 Å². The van der Waals surface area contributed by atoms with E-state index in [1.54, 1.807) is 0 Å². The molecule has 1 atom stereocenters. The van der Waals surface area contributed by atoms with Crippen LogP contribution in [0.5, 0.6) is 0 Å². The Morgan fingerprint density at radius 1 is 1.33 bits per heavy atom. The van der Waals surface area contributed by atoms with E-state index in [1.165, 1.54) is 0 Å². The molecule has 0 aromatic heterocycles. The topological polar surface area (TPSA) is 29.5 Å². The zero-order chi connectivity index (χ0) is 12.2. The van der Waals surface area contributed by atoms with Crippen molar-refractivity contribution in [1.82, 2.24) is 4.57 Å². The van der Waals surface area contributed by atoms with Gasteiger partial charge in [-0.2, -0.15) is 0 Å². The van der Waals surface area contributed by atoms with Gasteiger partial charge in [-0.25, -0.2) is 0 Å². The molecule has 0 radical (unpaired) electrons. The fourth-order valence-corrected chi connectivity index (χ4v) is 2.76. The highest BCUT2D eigenvalue weighted by Crippen LogP contribution is 2.18. The highest BCUT2D eigenvalue weighted by molar-refractivity contribution is 6.73. The molecule has 0 fully saturated rings. The van der Waals surface area contributed by atoms with E-state index in [1.807, 2.05) is 14.0 Å². The number of likely N-dealkylation sites (N-methyl/N-ethyl adjacent to an activating group) is 1. The first kappa shape index (κ1) is 14.6. The van der Waals surface area contributed by atoms with Gasteiger partial charge in [0.15, 0.2) is 0 Å². The molecule has 0 rings (SSSR count). The van der Waals surface area contributed by atoms with Gasteiger partial charge in [0, 0.05) is 0 Å². The molecule has 0 N–H and O–H groups in total. The highest BCUT2D eigenvalue weighted by atomic mass is 28.3. The van der Waals surface area contributed by atoms with Crippen molar-refractivity contribution >= 4 is 14.2 Å².